The Morgan fingerprint density at radius 1 is 1.47 bits per heavy atom. The zero-order valence-electron chi connectivity index (χ0n) is 9.31. The van der Waals surface area contributed by atoms with Crippen molar-refractivity contribution in [1.29, 1.82) is 0 Å². The van der Waals surface area contributed by atoms with Crippen LogP contribution in [0, 0.1) is 6.92 Å². The Morgan fingerprint density at radius 2 is 2.27 bits per heavy atom. The van der Waals surface area contributed by atoms with Crippen LogP contribution < -0.4 is 5.32 Å². The van der Waals surface area contributed by atoms with Gasteiger partial charge in [0, 0.05) is 11.4 Å². The normalized spacial score (nSPS) is 10.9. The molecular weight excluding hydrogens is 274 g/mol. The predicted octanol–water partition coefficient (Wildman–Crippen LogP) is 2.99. The molecule has 4 heteroatoms. The molecular formula is C11H18BrNOS. The molecule has 0 aliphatic heterocycles. The number of hydrogen-bond donors (Lipinski definition) is 1. The second-order valence-electron chi connectivity index (χ2n) is 3.35. The van der Waals surface area contributed by atoms with Crippen molar-refractivity contribution in [2.45, 2.75) is 20.3 Å². The topological polar surface area (TPSA) is 21.3 Å². The number of likely N-dealkylation sites (N-methyl/N-ethyl adjacent to an activating group) is 1. The molecule has 1 N–H and O–H groups in total. The Morgan fingerprint density at radius 3 is 2.87 bits per heavy atom. The van der Waals surface area contributed by atoms with Crippen molar-refractivity contribution in [2.24, 2.45) is 0 Å². The monoisotopic (exact) mass is 291 g/mol. The van der Waals surface area contributed by atoms with Gasteiger partial charge in [0.25, 0.3) is 0 Å². The van der Waals surface area contributed by atoms with Crippen LogP contribution in [0.5, 0.6) is 0 Å². The third kappa shape index (κ3) is 5.11. The van der Waals surface area contributed by atoms with Gasteiger partial charge in [0.1, 0.15) is 0 Å². The summed E-state index contributed by atoms with van der Waals surface area (Å²) in [4.78, 5) is 1.39. The fraction of sp³-hybridized carbons (Fsp3) is 0.636. The quantitative estimate of drug-likeness (QED) is 0.780. The van der Waals surface area contributed by atoms with Gasteiger partial charge in [0.05, 0.1) is 17.0 Å². The van der Waals surface area contributed by atoms with E-state index in [9.17, 15) is 0 Å². The van der Waals surface area contributed by atoms with E-state index in [1.165, 1.54) is 14.2 Å². The molecule has 1 heterocycles. The van der Waals surface area contributed by atoms with Crippen LogP contribution in [0.1, 0.15) is 17.4 Å². The molecule has 0 aromatic carbocycles. The number of thiophene rings is 1. The first-order valence-corrected chi connectivity index (χ1v) is 6.88. The van der Waals surface area contributed by atoms with E-state index in [2.05, 4.69) is 41.2 Å². The van der Waals surface area contributed by atoms with Gasteiger partial charge in [0.15, 0.2) is 0 Å². The third-order valence-corrected chi connectivity index (χ3v) is 3.78. The Labute approximate surface area is 104 Å². The molecule has 0 spiro atoms. The van der Waals surface area contributed by atoms with E-state index in [0.717, 1.165) is 32.7 Å². The summed E-state index contributed by atoms with van der Waals surface area (Å²) in [5.74, 6) is 0. The molecule has 1 aromatic rings. The molecule has 0 fully saturated rings. The maximum atomic E-state index is 5.53. The number of halogens is 1. The van der Waals surface area contributed by atoms with E-state index in [1.807, 2.05) is 0 Å². The van der Waals surface area contributed by atoms with E-state index >= 15 is 0 Å². The largest absolute Gasteiger partial charge is 0.380 e. The summed E-state index contributed by atoms with van der Waals surface area (Å²) in [5.41, 5.74) is 1.40. The number of ether oxygens (including phenoxy) is 1. The molecule has 86 valence electrons. The summed E-state index contributed by atoms with van der Waals surface area (Å²) >= 11 is 5.28. The van der Waals surface area contributed by atoms with Gasteiger partial charge in [-0.1, -0.05) is 6.92 Å². The molecule has 0 saturated carbocycles. The van der Waals surface area contributed by atoms with Crippen LogP contribution in [0.3, 0.4) is 0 Å². The summed E-state index contributed by atoms with van der Waals surface area (Å²) in [6.45, 7) is 7.84. The molecule has 0 amide bonds. The lowest BCUT2D eigenvalue weighted by Crippen LogP contribution is -2.19. The van der Waals surface area contributed by atoms with Crippen molar-refractivity contribution < 1.29 is 4.74 Å². The van der Waals surface area contributed by atoms with Crippen LogP contribution >= 0.6 is 27.3 Å². The maximum absolute atomic E-state index is 5.53. The predicted molar refractivity (Wildman–Crippen MR) is 69.8 cm³/mol. The Kier molecular flexibility index (Phi) is 6.48. The second-order valence-corrected chi connectivity index (χ2v) is 5.98. The van der Waals surface area contributed by atoms with Crippen molar-refractivity contribution in [3.05, 3.63) is 20.3 Å². The summed E-state index contributed by atoms with van der Waals surface area (Å²) in [7, 11) is 0. The number of hydrogen-bond acceptors (Lipinski definition) is 3. The van der Waals surface area contributed by atoms with Gasteiger partial charge < -0.3 is 10.1 Å². The Balaban J connectivity index is 2.12. The molecule has 15 heavy (non-hydrogen) atoms. The first-order valence-electron chi connectivity index (χ1n) is 5.27. The van der Waals surface area contributed by atoms with Crippen LogP contribution in [0.15, 0.2) is 9.85 Å². The van der Waals surface area contributed by atoms with Crippen LogP contribution in [0.25, 0.3) is 0 Å². The van der Waals surface area contributed by atoms with Crippen molar-refractivity contribution in [3.8, 4) is 0 Å². The minimum absolute atomic E-state index is 0.804. The van der Waals surface area contributed by atoms with E-state index in [1.54, 1.807) is 11.3 Å². The van der Waals surface area contributed by atoms with Gasteiger partial charge in [-0.2, -0.15) is 0 Å². The van der Waals surface area contributed by atoms with Gasteiger partial charge >= 0.3 is 0 Å². The zero-order valence-corrected chi connectivity index (χ0v) is 11.7. The second kappa shape index (κ2) is 7.39. The van der Waals surface area contributed by atoms with Crippen LogP contribution in [-0.2, 0) is 11.2 Å². The molecule has 0 atom stereocenters. The lowest BCUT2D eigenvalue weighted by molar-refractivity contribution is 0.139. The van der Waals surface area contributed by atoms with E-state index < -0.39 is 0 Å². The minimum Gasteiger partial charge on any atom is -0.380 e. The third-order valence-electron chi connectivity index (χ3n) is 2.18. The van der Waals surface area contributed by atoms with Crippen LogP contribution in [0.4, 0.5) is 0 Å². The molecule has 0 unspecified atom stereocenters. The highest BCUT2D eigenvalue weighted by atomic mass is 79.9. The highest BCUT2D eigenvalue weighted by Crippen LogP contribution is 2.26. The summed E-state index contributed by atoms with van der Waals surface area (Å²) in [5, 5.41) is 3.23. The Bertz CT molecular complexity index is 288. The molecule has 0 bridgehead atoms. The molecule has 0 radical (unpaired) electrons. The van der Waals surface area contributed by atoms with Crippen molar-refractivity contribution in [1.82, 2.24) is 5.32 Å². The average molecular weight is 292 g/mol. The summed E-state index contributed by atoms with van der Waals surface area (Å²) < 4.78 is 6.74. The van der Waals surface area contributed by atoms with Crippen LogP contribution in [0.2, 0.25) is 0 Å². The van der Waals surface area contributed by atoms with Gasteiger partial charge in [-0.3, -0.25) is 0 Å². The van der Waals surface area contributed by atoms with Crippen molar-refractivity contribution >= 4 is 27.3 Å². The summed E-state index contributed by atoms with van der Waals surface area (Å²) in [6, 6.07) is 2.19. The SMILES string of the molecule is CCNCCOCCc1cc(Br)sc1C. The number of rotatable bonds is 7. The Hall–Kier alpha value is 0.1000. The molecule has 0 aliphatic carbocycles. The molecule has 0 aliphatic rings. The first-order chi connectivity index (χ1) is 7.24. The van der Waals surface area contributed by atoms with E-state index in [-0.39, 0.29) is 0 Å². The molecule has 1 rings (SSSR count). The highest BCUT2D eigenvalue weighted by molar-refractivity contribution is 9.11. The number of nitrogens with one attached hydrogen (secondary N) is 1. The van der Waals surface area contributed by atoms with E-state index in [4.69, 9.17) is 4.74 Å². The highest BCUT2D eigenvalue weighted by Gasteiger charge is 2.02. The fourth-order valence-electron chi connectivity index (χ4n) is 1.33. The maximum Gasteiger partial charge on any atom is 0.0704 e. The summed E-state index contributed by atoms with van der Waals surface area (Å²) in [6.07, 6.45) is 1.01. The molecule has 1 aromatic heterocycles. The van der Waals surface area contributed by atoms with Gasteiger partial charge in [-0.25, -0.2) is 0 Å². The lowest BCUT2D eigenvalue weighted by atomic mass is 10.2. The van der Waals surface area contributed by atoms with Crippen LogP contribution in [-0.4, -0.2) is 26.3 Å². The minimum atomic E-state index is 0.804. The average Bonchev–Trinajstić information content (AvgIpc) is 2.51. The standard InChI is InChI=1S/C11H18BrNOS/c1-3-13-5-7-14-6-4-10-8-11(12)15-9(10)2/h8,13H,3-7H2,1-2H3. The van der Waals surface area contributed by atoms with Gasteiger partial charge in [-0.05, 0) is 47.4 Å². The van der Waals surface area contributed by atoms with Gasteiger partial charge in [0.2, 0.25) is 0 Å². The van der Waals surface area contributed by atoms with Gasteiger partial charge in [-0.15, -0.1) is 11.3 Å². The first kappa shape index (κ1) is 13.2. The smallest absolute Gasteiger partial charge is 0.0704 e. The lowest BCUT2D eigenvalue weighted by Gasteiger charge is -2.04. The zero-order chi connectivity index (χ0) is 11.1. The number of aryl methyl sites for hydroxylation is 1. The van der Waals surface area contributed by atoms with E-state index in [0.29, 0.717) is 0 Å². The molecule has 2 nitrogen and oxygen atoms in total. The van der Waals surface area contributed by atoms with Crippen molar-refractivity contribution in [3.63, 3.8) is 0 Å². The molecule has 0 saturated heterocycles. The fourth-order valence-corrected chi connectivity index (χ4v) is 3.12. The van der Waals surface area contributed by atoms with Crippen molar-refractivity contribution in [2.75, 3.05) is 26.3 Å².